The van der Waals surface area contributed by atoms with Crippen LogP contribution in [-0.2, 0) is 4.79 Å². The second kappa shape index (κ2) is 8.31. The van der Waals surface area contributed by atoms with Crippen LogP contribution in [0.5, 0.6) is 5.75 Å². The number of ether oxygens (including phenoxy) is 1. The molecule has 0 bridgehead atoms. The number of carbonyl (C=O) groups is 1. The van der Waals surface area contributed by atoms with Crippen molar-refractivity contribution in [1.82, 2.24) is 10.2 Å². The quantitative estimate of drug-likeness (QED) is 0.837. The minimum Gasteiger partial charge on any atom is -0.484 e. The Morgan fingerprint density at radius 1 is 1.29 bits per heavy atom. The average Bonchev–Trinajstić information content (AvgIpc) is 3.27. The number of carbonyl (C=O) groups excluding carboxylic acids is 1. The predicted molar refractivity (Wildman–Crippen MR) is 97.6 cm³/mol. The number of nitrogens with zero attached hydrogens (tertiary/aromatic N) is 1. The molecule has 1 aliphatic rings. The second-order valence-electron chi connectivity index (χ2n) is 6.18. The fourth-order valence-electron chi connectivity index (χ4n) is 3.06. The number of aryl methyl sites for hydroxylation is 1. The third-order valence-corrected chi connectivity index (χ3v) is 5.28. The van der Waals surface area contributed by atoms with Crippen LogP contribution in [0.1, 0.15) is 29.3 Å². The average molecular weight is 344 g/mol. The number of hydrogen-bond donors (Lipinski definition) is 1. The second-order valence-corrected chi connectivity index (χ2v) is 7.16. The molecule has 0 spiro atoms. The fourth-order valence-corrected chi connectivity index (χ4v) is 3.92. The van der Waals surface area contributed by atoms with Gasteiger partial charge in [0, 0.05) is 11.4 Å². The van der Waals surface area contributed by atoms with E-state index in [0.717, 1.165) is 24.4 Å². The molecular formula is C19H24N2O2S. The summed E-state index contributed by atoms with van der Waals surface area (Å²) in [6.45, 7) is 4.92. The van der Waals surface area contributed by atoms with Crippen LogP contribution in [0.15, 0.2) is 41.8 Å². The van der Waals surface area contributed by atoms with Crippen LogP contribution in [0, 0.1) is 6.92 Å². The topological polar surface area (TPSA) is 41.6 Å². The summed E-state index contributed by atoms with van der Waals surface area (Å²) < 4.78 is 5.57. The van der Waals surface area contributed by atoms with E-state index in [1.54, 1.807) is 11.3 Å². The van der Waals surface area contributed by atoms with Gasteiger partial charge in [0.05, 0.1) is 6.04 Å². The Kier molecular flexibility index (Phi) is 5.88. The molecule has 1 amide bonds. The van der Waals surface area contributed by atoms with Gasteiger partial charge in [0.15, 0.2) is 6.61 Å². The molecule has 1 fully saturated rings. The number of rotatable bonds is 7. The molecule has 1 N–H and O–H groups in total. The Labute approximate surface area is 147 Å². The summed E-state index contributed by atoms with van der Waals surface area (Å²) in [5.74, 6) is 0.664. The van der Waals surface area contributed by atoms with Crippen LogP contribution in [0.3, 0.4) is 0 Å². The standard InChI is InChI=1S/C19H24N2O2S/c1-15-6-4-7-16(12-15)23-14-19(22)20-13-17(18-8-5-11-24-18)21-9-2-3-10-21/h4-8,11-12,17H,2-3,9-10,13-14H2,1H3,(H,20,22)/t17-/m0/s1. The molecule has 1 aliphatic heterocycles. The summed E-state index contributed by atoms with van der Waals surface area (Å²) in [5.41, 5.74) is 1.12. The van der Waals surface area contributed by atoms with Gasteiger partial charge in [-0.15, -0.1) is 11.3 Å². The van der Waals surface area contributed by atoms with Gasteiger partial charge in [-0.05, 0) is 62.0 Å². The highest BCUT2D eigenvalue weighted by Crippen LogP contribution is 2.27. The molecule has 1 saturated heterocycles. The van der Waals surface area contributed by atoms with Gasteiger partial charge in [-0.2, -0.15) is 0 Å². The van der Waals surface area contributed by atoms with Crippen molar-refractivity contribution < 1.29 is 9.53 Å². The van der Waals surface area contributed by atoms with Crippen LogP contribution in [0.4, 0.5) is 0 Å². The van der Waals surface area contributed by atoms with Gasteiger partial charge >= 0.3 is 0 Å². The summed E-state index contributed by atoms with van der Waals surface area (Å²) in [6, 6.07) is 12.3. The molecule has 1 atom stereocenters. The van der Waals surface area contributed by atoms with Crippen LogP contribution < -0.4 is 10.1 Å². The van der Waals surface area contributed by atoms with Crippen molar-refractivity contribution in [3.63, 3.8) is 0 Å². The Hall–Kier alpha value is -1.85. The molecule has 4 nitrogen and oxygen atoms in total. The summed E-state index contributed by atoms with van der Waals surface area (Å²) >= 11 is 1.76. The summed E-state index contributed by atoms with van der Waals surface area (Å²) in [6.07, 6.45) is 2.48. The van der Waals surface area contributed by atoms with Crippen LogP contribution >= 0.6 is 11.3 Å². The SMILES string of the molecule is Cc1cccc(OCC(=O)NC[C@@H](c2cccs2)N2CCCC2)c1. The minimum atomic E-state index is -0.0720. The van der Waals surface area contributed by atoms with E-state index in [2.05, 4.69) is 27.7 Å². The van der Waals surface area contributed by atoms with E-state index in [-0.39, 0.29) is 18.6 Å². The highest BCUT2D eigenvalue weighted by molar-refractivity contribution is 7.10. The first-order valence-corrected chi connectivity index (χ1v) is 9.34. The summed E-state index contributed by atoms with van der Waals surface area (Å²) in [4.78, 5) is 15.9. The van der Waals surface area contributed by atoms with E-state index in [1.807, 2.05) is 31.2 Å². The van der Waals surface area contributed by atoms with E-state index in [1.165, 1.54) is 17.7 Å². The Morgan fingerprint density at radius 3 is 2.83 bits per heavy atom. The largest absolute Gasteiger partial charge is 0.484 e. The Balaban J connectivity index is 1.51. The van der Waals surface area contributed by atoms with E-state index >= 15 is 0 Å². The van der Waals surface area contributed by atoms with E-state index < -0.39 is 0 Å². The lowest BCUT2D eigenvalue weighted by Crippen LogP contribution is -2.38. The van der Waals surface area contributed by atoms with E-state index in [9.17, 15) is 4.79 Å². The number of likely N-dealkylation sites (tertiary alicyclic amines) is 1. The smallest absolute Gasteiger partial charge is 0.258 e. The third kappa shape index (κ3) is 4.58. The normalized spacial score (nSPS) is 16.0. The highest BCUT2D eigenvalue weighted by Gasteiger charge is 2.24. The lowest BCUT2D eigenvalue weighted by Gasteiger charge is -2.26. The molecule has 0 radical (unpaired) electrons. The predicted octanol–water partition coefficient (Wildman–Crippen LogP) is 3.39. The van der Waals surface area contributed by atoms with Crippen LogP contribution in [-0.4, -0.2) is 37.0 Å². The molecule has 1 aromatic carbocycles. The van der Waals surface area contributed by atoms with Crippen molar-refractivity contribution in [2.75, 3.05) is 26.2 Å². The van der Waals surface area contributed by atoms with Crippen molar-refractivity contribution in [3.8, 4) is 5.75 Å². The van der Waals surface area contributed by atoms with Crippen molar-refractivity contribution in [2.45, 2.75) is 25.8 Å². The Morgan fingerprint density at radius 2 is 2.12 bits per heavy atom. The lowest BCUT2D eigenvalue weighted by atomic mass is 10.2. The van der Waals surface area contributed by atoms with E-state index in [4.69, 9.17) is 4.74 Å². The number of amides is 1. The third-order valence-electron chi connectivity index (χ3n) is 4.31. The van der Waals surface area contributed by atoms with Gasteiger partial charge in [-0.1, -0.05) is 18.2 Å². The van der Waals surface area contributed by atoms with Gasteiger partial charge in [-0.25, -0.2) is 0 Å². The summed E-state index contributed by atoms with van der Waals surface area (Å²) in [7, 11) is 0. The van der Waals surface area contributed by atoms with Gasteiger partial charge < -0.3 is 10.1 Å². The van der Waals surface area contributed by atoms with Crippen molar-refractivity contribution in [1.29, 1.82) is 0 Å². The van der Waals surface area contributed by atoms with Gasteiger partial charge in [0.1, 0.15) is 5.75 Å². The maximum Gasteiger partial charge on any atom is 0.258 e. The van der Waals surface area contributed by atoms with Gasteiger partial charge in [-0.3, -0.25) is 9.69 Å². The molecule has 0 saturated carbocycles. The molecule has 0 aliphatic carbocycles. The fraction of sp³-hybridized carbons (Fsp3) is 0.421. The molecular weight excluding hydrogens is 320 g/mol. The number of thiophene rings is 1. The molecule has 0 unspecified atom stereocenters. The summed E-state index contributed by atoms with van der Waals surface area (Å²) in [5, 5.41) is 5.13. The van der Waals surface area contributed by atoms with Crippen molar-refractivity contribution >= 4 is 17.2 Å². The molecule has 2 aromatic rings. The molecule has 1 aromatic heterocycles. The van der Waals surface area contributed by atoms with Crippen molar-refractivity contribution in [2.24, 2.45) is 0 Å². The van der Waals surface area contributed by atoms with E-state index in [0.29, 0.717) is 6.54 Å². The zero-order valence-corrected chi connectivity index (χ0v) is 14.8. The monoisotopic (exact) mass is 344 g/mol. The molecule has 24 heavy (non-hydrogen) atoms. The Bertz CT molecular complexity index is 651. The minimum absolute atomic E-state index is 0.0562. The highest BCUT2D eigenvalue weighted by atomic mass is 32.1. The first kappa shape index (κ1) is 17.0. The first-order valence-electron chi connectivity index (χ1n) is 8.46. The van der Waals surface area contributed by atoms with Gasteiger partial charge in [0.25, 0.3) is 5.91 Å². The zero-order valence-electron chi connectivity index (χ0n) is 14.0. The van der Waals surface area contributed by atoms with Crippen molar-refractivity contribution in [3.05, 3.63) is 52.2 Å². The molecule has 5 heteroatoms. The number of hydrogen-bond acceptors (Lipinski definition) is 4. The van der Waals surface area contributed by atoms with Crippen LogP contribution in [0.25, 0.3) is 0 Å². The first-order chi connectivity index (χ1) is 11.7. The number of benzene rings is 1. The number of nitrogens with one attached hydrogen (secondary N) is 1. The molecule has 3 rings (SSSR count). The molecule has 128 valence electrons. The lowest BCUT2D eigenvalue weighted by molar-refractivity contribution is -0.123. The maximum absolute atomic E-state index is 12.1. The van der Waals surface area contributed by atoms with Gasteiger partial charge in [0.2, 0.25) is 0 Å². The maximum atomic E-state index is 12.1. The van der Waals surface area contributed by atoms with Crippen LogP contribution in [0.2, 0.25) is 0 Å². The molecule has 2 heterocycles. The zero-order chi connectivity index (χ0) is 16.8.